The van der Waals surface area contributed by atoms with Gasteiger partial charge in [0, 0.05) is 43.0 Å². The van der Waals surface area contributed by atoms with Crippen LogP contribution in [0.15, 0.2) is 42.5 Å². The predicted molar refractivity (Wildman–Crippen MR) is 105 cm³/mol. The Labute approximate surface area is 161 Å². The van der Waals surface area contributed by atoms with Gasteiger partial charge in [-0.25, -0.2) is 0 Å². The summed E-state index contributed by atoms with van der Waals surface area (Å²) in [6.07, 6.45) is 1.97. The van der Waals surface area contributed by atoms with Crippen molar-refractivity contribution in [3.63, 3.8) is 0 Å². The Kier molecular flexibility index (Phi) is 5.53. The maximum atomic E-state index is 12.8. The third kappa shape index (κ3) is 4.25. The fourth-order valence-corrected chi connectivity index (χ4v) is 3.21. The van der Waals surface area contributed by atoms with Crippen LogP contribution in [0.1, 0.15) is 30.1 Å². The van der Waals surface area contributed by atoms with Crippen LogP contribution in [0, 0.1) is 26.1 Å². The van der Waals surface area contributed by atoms with Crippen LogP contribution in [0.5, 0.6) is 0 Å². The highest BCUT2D eigenvalue weighted by Crippen LogP contribution is 2.30. The number of nitrogens with zero attached hydrogens (tertiary/aromatic N) is 3. The number of carbonyl (C=O) groups excluding carboxylic acids is 1. The van der Waals surface area contributed by atoms with E-state index in [9.17, 15) is 25.0 Å². The second-order valence-corrected chi connectivity index (χ2v) is 6.89. The average Bonchev–Trinajstić information content (AvgIpc) is 2.68. The third-order valence-electron chi connectivity index (χ3n) is 4.90. The standard InChI is InChI=1S/C19H20N4O5/c1-13-8-10-21(11-9-13)18-7-6-16(23(27)28)12-17(18)19(24)20-14-2-4-15(5-3-14)22(25)26/h2-7,12-13H,8-11H2,1H3,(H,20,24). The van der Waals surface area contributed by atoms with Crippen molar-refractivity contribution in [3.8, 4) is 0 Å². The molecule has 9 heteroatoms. The molecule has 1 aliphatic rings. The molecule has 1 heterocycles. The highest BCUT2D eigenvalue weighted by molar-refractivity contribution is 6.08. The zero-order valence-electron chi connectivity index (χ0n) is 15.3. The molecule has 3 rings (SSSR count). The second kappa shape index (κ2) is 8.03. The minimum Gasteiger partial charge on any atom is -0.371 e. The number of nitrogens with one attached hydrogen (secondary N) is 1. The Morgan fingerprint density at radius 1 is 1.00 bits per heavy atom. The van der Waals surface area contributed by atoms with Gasteiger partial charge in [0.25, 0.3) is 17.3 Å². The summed E-state index contributed by atoms with van der Waals surface area (Å²) >= 11 is 0. The smallest absolute Gasteiger partial charge is 0.270 e. The van der Waals surface area contributed by atoms with E-state index >= 15 is 0 Å². The molecule has 0 unspecified atom stereocenters. The van der Waals surface area contributed by atoms with Gasteiger partial charge in [-0.3, -0.25) is 25.0 Å². The maximum Gasteiger partial charge on any atom is 0.270 e. The first-order valence-electron chi connectivity index (χ1n) is 8.94. The largest absolute Gasteiger partial charge is 0.371 e. The van der Waals surface area contributed by atoms with Crippen LogP contribution < -0.4 is 10.2 Å². The van der Waals surface area contributed by atoms with Gasteiger partial charge in [-0.15, -0.1) is 0 Å². The second-order valence-electron chi connectivity index (χ2n) is 6.89. The van der Waals surface area contributed by atoms with Crippen molar-refractivity contribution in [2.24, 2.45) is 5.92 Å². The topological polar surface area (TPSA) is 119 Å². The van der Waals surface area contributed by atoms with Crippen LogP contribution in [-0.2, 0) is 0 Å². The van der Waals surface area contributed by atoms with Gasteiger partial charge in [-0.05, 0) is 37.0 Å². The lowest BCUT2D eigenvalue weighted by molar-refractivity contribution is -0.385. The molecule has 9 nitrogen and oxygen atoms in total. The Bertz CT molecular complexity index is 905. The first-order chi connectivity index (χ1) is 13.3. The van der Waals surface area contributed by atoms with Crippen LogP contribution in [0.4, 0.5) is 22.7 Å². The van der Waals surface area contributed by atoms with Crippen molar-refractivity contribution in [1.82, 2.24) is 0 Å². The van der Waals surface area contributed by atoms with E-state index in [4.69, 9.17) is 0 Å². The SMILES string of the molecule is CC1CCN(c2ccc([N+](=O)[O-])cc2C(=O)Nc2ccc([N+](=O)[O-])cc2)CC1. The molecule has 1 saturated heterocycles. The van der Waals surface area contributed by atoms with Gasteiger partial charge in [0.15, 0.2) is 0 Å². The molecule has 0 radical (unpaired) electrons. The summed E-state index contributed by atoms with van der Waals surface area (Å²) in [5.41, 5.74) is 0.985. The lowest BCUT2D eigenvalue weighted by atomic mass is 9.98. The first-order valence-corrected chi connectivity index (χ1v) is 8.94. The average molecular weight is 384 g/mol. The number of anilines is 2. The van der Waals surface area contributed by atoms with Gasteiger partial charge >= 0.3 is 0 Å². The number of hydrogen-bond donors (Lipinski definition) is 1. The summed E-state index contributed by atoms with van der Waals surface area (Å²) in [5.74, 6) is 0.109. The fraction of sp³-hybridized carbons (Fsp3) is 0.316. The van der Waals surface area contributed by atoms with E-state index < -0.39 is 15.8 Å². The Balaban J connectivity index is 1.88. The molecule has 0 atom stereocenters. The van der Waals surface area contributed by atoms with E-state index in [-0.39, 0.29) is 16.9 Å². The molecule has 2 aromatic carbocycles. The number of rotatable bonds is 5. The molecular formula is C19H20N4O5. The molecule has 0 saturated carbocycles. The molecule has 146 valence electrons. The summed E-state index contributed by atoms with van der Waals surface area (Å²) < 4.78 is 0. The fourth-order valence-electron chi connectivity index (χ4n) is 3.21. The monoisotopic (exact) mass is 384 g/mol. The molecule has 0 aliphatic carbocycles. The van der Waals surface area contributed by atoms with Gasteiger partial charge in [0.05, 0.1) is 21.1 Å². The van der Waals surface area contributed by atoms with Gasteiger partial charge in [0.1, 0.15) is 0 Å². The summed E-state index contributed by atoms with van der Waals surface area (Å²) in [5, 5.41) is 24.6. The molecule has 28 heavy (non-hydrogen) atoms. The first kappa shape index (κ1) is 19.3. The van der Waals surface area contributed by atoms with Crippen molar-refractivity contribution in [2.45, 2.75) is 19.8 Å². The van der Waals surface area contributed by atoms with Crippen molar-refractivity contribution < 1.29 is 14.6 Å². The molecule has 1 amide bonds. The zero-order valence-corrected chi connectivity index (χ0v) is 15.3. The highest BCUT2D eigenvalue weighted by Gasteiger charge is 2.23. The Morgan fingerprint density at radius 3 is 2.14 bits per heavy atom. The number of hydrogen-bond acceptors (Lipinski definition) is 6. The predicted octanol–water partition coefficient (Wildman–Crippen LogP) is 3.99. The summed E-state index contributed by atoms with van der Waals surface area (Å²) in [6.45, 7) is 3.73. The van der Waals surface area contributed by atoms with Gasteiger partial charge in [-0.1, -0.05) is 6.92 Å². The van der Waals surface area contributed by atoms with Gasteiger partial charge in [-0.2, -0.15) is 0 Å². The lowest BCUT2D eigenvalue weighted by Gasteiger charge is -2.33. The zero-order chi connectivity index (χ0) is 20.3. The summed E-state index contributed by atoms with van der Waals surface area (Å²) in [6, 6.07) is 9.71. The third-order valence-corrected chi connectivity index (χ3v) is 4.90. The van der Waals surface area contributed by atoms with Gasteiger partial charge < -0.3 is 10.2 Å². The summed E-state index contributed by atoms with van der Waals surface area (Å²) in [4.78, 5) is 35.8. The van der Waals surface area contributed by atoms with Crippen LogP contribution >= 0.6 is 0 Å². The number of nitro groups is 2. The van der Waals surface area contributed by atoms with E-state index in [1.807, 2.05) is 0 Å². The molecule has 1 aliphatic heterocycles. The molecule has 1 N–H and O–H groups in total. The molecular weight excluding hydrogens is 364 g/mol. The molecule has 1 fully saturated rings. The normalized spacial score (nSPS) is 14.5. The van der Waals surface area contributed by atoms with Crippen molar-refractivity contribution in [1.29, 1.82) is 0 Å². The Morgan fingerprint density at radius 2 is 1.57 bits per heavy atom. The number of benzene rings is 2. The minimum atomic E-state index is -0.537. The molecule has 0 aromatic heterocycles. The number of amides is 1. The van der Waals surface area contributed by atoms with Crippen molar-refractivity contribution in [2.75, 3.05) is 23.3 Å². The van der Waals surface area contributed by atoms with Crippen LogP contribution in [-0.4, -0.2) is 28.8 Å². The molecule has 0 spiro atoms. The van der Waals surface area contributed by atoms with Crippen molar-refractivity contribution >= 4 is 28.7 Å². The summed E-state index contributed by atoms with van der Waals surface area (Å²) in [7, 11) is 0. The number of non-ortho nitro benzene ring substituents is 2. The Hall–Kier alpha value is -3.49. The van der Waals surface area contributed by atoms with Crippen LogP contribution in [0.2, 0.25) is 0 Å². The number of nitro benzene ring substituents is 2. The van der Waals surface area contributed by atoms with E-state index in [0.29, 0.717) is 17.3 Å². The van der Waals surface area contributed by atoms with E-state index in [1.165, 1.54) is 36.4 Å². The maximum absolute atomic E-state index is 12.8. The van der Waals surface area contributed by atoms with Crippen LogP contribution in [0.25, 0.3) is 0 Å². The number of carbonyl (C=O) groups is 1. The van der Waals surface area contributed by atoms with Gasteiger partial charge in [0.2, 0.25) is 0 Å². The molecule has 0 bridgehead atoms. The lowest BCUT2D eigenvalue weighted by Crippen LogP contribution is -2.34. The van der Waals surface area contributed by atoms with Crippen LogP contribution in [0.3, 0.4) is 0 Å². The number of piperidine rings is 1. The van der Waals surface area contributed by atoms with Crippen molar-refractivity contribution in [3.05, 3.63) is 68.3 Å². The highest BCUT2D eigenvalue weighted by atomic mass is 16.6. The van der Waals surface area contributed by atoms with E-state index in [2.05, 4.69) is 17.1 Å². The van der Waals surface area contributed by atoms with E-state index in [0.717, 1.165) is 25.9 Å². The quantitative estimate of drug-likeness (QED) is 0.615. The van der Waals surface area contributed by atoms with E-state index in [1.54, 1.807) is 6.07 Å². The minimum absolute atomic E-state index is 0.0866. The molecule has 2 aromatic rings.